The Morgan fingerprint density at radius 2 is 2.11 bits per heavy atom. The van der Waals surface area contributed by atoms with Gasteiger partial charge in [-0.25, -0.2) is 0 Å². The number of carbonyl (C=O) groups is 1. The molecule has 2 N–H and O–H groups in total. The van der Waals surface area contributed by atoms with Gasteiger partial charge < -0.3 is 5.73 Å². The summed E-state index contributed by atoms with van der Waals surface area (Å²) in [4.78, 5) is 14.3. The fraction of sp³-hybridized carbons (Fsp3) is 0.667. The van der Waals surface area contributed by atoms with E-state index < -0.39 is 0 Å². The summed E-state index contributed by atoms with van der Waals surface area (Å²) in [5.74, 6) is -0.548. The summed E-state index contributed by atoms with van der Waals surface area (Å²) in [6.07, 6.45) is 0. The van der Waals surface area contributed by atoms with Crippen molar-refractivity contribution in [3.63, 3.8) is 0 Å². The first-order chi connectivity index (χ1) is 4.09. The van der Waals surface area contributed by atoms with Gasteiger partial charge in [-0.05, 0) is 13.8 Å². The zero-order valence-electron chi connectivity index (χ0n) is 6.01. The van der Waals surface area contributed by atoms with Crippen LogP contribution in [0.1, 0.15) is 13.8 Å². The number of amides is 1. The summed E-state index contributed by atoms with van der Waals surface area (Å²) in [5, 5.41) is 0. The van der Waals surface area contributed by atoms with Crippen molar-refractivity contribution < 1.29 is 4.79 Å². The van der Waals surface area contributed by atoms with Crippen molar-refractivity contribution in [1.82, 2.24) is 0 Å². The maximum absolute atomic E-state index is 10.4. The van der Waals surface area contributed by atoms with Crippen LogP contribution in [-0.2, 0) is 4.79 Å². The molecule has 0 heterocycles. The number of carbonyl (C=O) groups excluding carboxylic acids is 1. The lowest BCUT2D eigenvalue weighted by Crippen LogP contribution is -2.26. The molecule has 0 saturated heterocycles. The molecule has 0 bridgehead atoms. The van der Waals surface area contributed by atoms with Crippen molar-refractivity contribution in [1.29, 1.82) is 0 Å². The highest BCUT2D eigenvalue weighted by Gasteiger charge is 2.09. The number of hydrogen-bond acceptors (Lipinski definition) is 2. The number of rotatable bonds is 2. The normalized spacial score (nSPS) is 15.2. The zero-order valence-corrected chi connectivity index (χ0v) is 6.01. The summed E-state index contributed by atoms with van der Waals surface area (Å²) >= 11 is 0. The molecule has 0 saturated carbocycles. The molecule has 1 atom stereocenters. The maximum Gasteiger partial charge on any atom is 0.225 e. The highest BCUT2D eigenvalue weighted by molar-refractivity contribution is 6.01. The molecule has 3 heteroatoms. The molecule has 0 aromatic carbocycles. The Morgan fingerprint density at radius 3 is 2.22 bits per heavy atom. The van der Waals surface area contributed by atoms with Crippen molar-refractivity contribution in [2.45, 2.75) is 13.8 Å². The molecule has 3 nitrogen and oxygen atoms in total. The number of hydrogen-bond donors (Lipinski definition) is 1. The summed E-state index contributed by atoms with van der Waals surface area (Å²) in [6.45, 7) is 3.53. The van der Waals surface area contributed by atoms with Crippen LogP contribution in [0, 0.1) is 5.92 Å². The first kappa shape index (κ1) is 8.14. The van der Waals surface area contributed by atoms with Gasteiger partial charge in [-0.3, -0.25) is 9.79 Å². The van der Waals surface area contributed by atoms with Crippen molar-refractivity contribution >= 4 is 11.6 Å². The standard InChI is InChI=1S/C6H12N2O/c1-4(6(7)9)5(2)8-3/h4H,1-3H3,(H2,7,9). The number of nitrogens with two attached hydrogens (primary N) is 1. The molecular formula is C6H12N2O. The Bertz CT molecular complexity index is 140. The maximum atomic E-state index is 10.4. The predicted molar refractivity (Wildman–Crippen MR) is 37.4 cm³/mol. The highest BCUT2D eigenvalue weighted by atomic mass is 16.1. The van der Waals surface area contributed by atoms with Gasteiger partial charge in [0.2, 0.25) is 5.91 Å². The first-order valence-corrected chi connectivity index (χ1v) is 2.82. The second-order valence-electron chi connectivity index (χ2n) is 1.99. The largest absolute Gasteiger partial charge is 0.369 e. The van der Waals surface area contributed by atoms with Crippen molar-refractivity contribution in [2.75, 3.05) is 7.05 Å². The van der Waals surface area contributed by atoms with E-state index in [0.29, 0.717) is 0 Å². The molecule has 1 unspecified atom stereocenters. The minimum atomic E-state index is -0.321. The van der Waals surface area contributed by atoms with Crippen LogP contribution in [0.3, 0.4) is 0 Å². The monoisotopic (exact) mass is 128 g/mol. The third-order valence-corrected chi connectivity index (χ3v) is 1.41. The van der Waals surface area contributed by atoms with Gasteiger partial charge in [0.15, 0.2) is 0 Å². The van der Waals surface area contributed by atoms with Gasteiger partial charge in [0, 0.05) is 12.8 Å². The third kappa shape index (κ3) is 2.26. The fourth-order valence-corrected chi connectivity index (χ4v) is 0.400. The van der Waals surface area contributed by atoms with Crippen molar-refractivity contribution in [3.05, 3.63) is 0 Å². The van der Waals surface area contributed by atoms with E-state index in [0.717, 1.165) is 5.71 Å². The molecule has 0 aliphatic carbocycles. The Morgan fingerprint density at radius 1 is 1.67 bits per heavy atom. The lowest BCUT2D eigenvalue weighted by atomic mass is 10.1. The molecule has 0 aromatic heterocycles. The van der Waals surface area contributed by atoms with Crippen LogP contribution in [0.25, 0.3) is 0 Å². The zero-order chi connectivity index (χ0) is 7.44. The lowest BCUT2D eigenvalue weighted by molar-refractivity contribution is -0.119. The van der Waals surface area contributed by atoms with Crippen LogP contribution in [-0.4, -0.2) is 18.7 Å². The minimum Gasteiger partial charge on any atom is -0.369 e. The second kappa shape index (κ2) is 3.22. The molecule has 0 aromatic rings. The number of primary amides is 1. The molecule has 0 aliphatic rings. The van der Waals surface area contributed by atoms with E-state index in [1.165, 1.54) is 0 Å². The molecule has 52 valence electrons. The summed E-state index contributed by atoms with van der Waals surface area (Å²) in [6, 6.07) is 0. The SMILES string of the molecule is CN=C(C)C(C)C(N)=O. The molecule has 0 spiro atoms. The van der Waals surface area contributed by atoms with Gasteiger partial charge in [0.25, 0.3) is 0 Å². The second-order valence-corrected chi connectivity index (χ2v) is 1.99. The topological polar surface area (TPSA) is 55.4 Å². The summed E-state index contributed by atoms with van der Waals surface area (Å²) in [7, 11) is 1.65. The van der Waals surface area contributed by atoms with E-state index in [1.807, 2.05) is 0 Å². The van der Waals surface area contributed by atoms with Gasteiger partial charge in [-0.2, -0.15) is 0 Å². The van der Waals surface area contributed by atoms with E-state index in [-0.39, 0.29) is 11.8 Å². The van der Waals surface area contributed by atoms with Crippen molar-refractivity contribution in [2.24, 2.45) is 16.6 Å². The quantitative estimate of drug-likeness (QED) is 0.530. The molecule has 0 rings (SSSR count). The fourth-order valence-electron chi connectivity index (χ4n) is 0.400. The van der Waals surface area contributed by atoms with Gasteiger partial charge in [-0.1, -0.05) is 0 Å². The van der Waals surface area contributed by atoms with Crippen LogP contribution in [0.15, 0.2) is 4.99 Å². The average Bonchev–Trinajstić information content (AvgIpc) is 1.84. The van der Waals surface area contributed by atoms with Crippen LogP contribution < -0.4 is 5.73 Å². The third-order valence-electron chi connectivity index (χ3n) is 1.41. The number of aliphatic imine (C=N–C) groups is 1. The smallest absolute Gasteiger partial charge is 0.225 e. The highest BCUT2D eigenvalue weighted by Crippen LogP contribution is 1.95. The Balaban J connectivity index is 4.04. The molecule has 0 fully saturated rings. The number of nitrogens with zero attached hydrogens (tertiary/aromatic N) is 1. The van der Waals surface area contributed by atoms with E-state index in [9.17, 15) is 4.79 Å². The first-order valence-electron chi connectivity index (χ1n) is 2.82. The van der Waals surface area contributed by atoms with Crippen LogP contribution in [0.4, 0.5) is 0 Å². The van der Waals surface area contributed by atoms with Gasteiger partial charge >= 0.3 is 0 Å². The Kier molecular flexibility index (Phi) is 2.91. The minimum absolute atomic E-state index is 0.227. The lowest BCUT2D eigenvalue weighted by Gasteiger charge is -2.03. The van der Waals surface area contributed by atoms with Gasteiger partial charge in [-0.15, -0.1) is 0 Å². The van der Waals surface area contributed by atoms with Crippen LogP contribution >= 0.6 is 0 Å². The van der Waals surface area contributed by atoms with E-state index in [4.69, 9.17) is 5.73 Å². The van der Waals surface area contributed by atoms with Crippen LogP contribution in [0.2, 0.25) is 0 Å². The average molecular weight is 128 g/mol. The Labute approximate surface area is 55.0 Å². The van der Waals surface area contributed by atoms with Crippen LogP contribution in [0.5, 0.6) is 0 Å². The molecular weight excluding hydrogens is 116 g/mol. The molecule has 1 amide bonds. The molecule has 0 radical (unpaired) electrons. The molecule has 9 heavy (non-hydrogen) atoms. The summed E-state index contributed by atoms with van der Waals surface area (Å²) in [5.41, 5.74) is 5.77. The van der Waals surface area contributed by atoms with Crippen molar-refractivity contribution in [3.8, 4) is 0 Å². The van der Waals surface area contributed by atoms with E-state index >= 15 is 0 Å². The Hall–Kier alpha value is -0.860. The predicted octanol–water partition coefficient (Wildman–Crippen LogP) is 0.199. The van der Waals surface area contributed by atoms with E-state index in [1.54, 1.807) is 20.9 Å². The van der Waals surface area contributed by atoms with E-state index in [2.05, 4.69) is 4.99 Å². The van der Waals surface area contributed by atoms with Gasteiger partial charge in [0.1, 0.15) is 0 Å². The summed E-state index contributed by atoms with van der Waals surface area (Å²) < 4.78 is 0. The van der Waals surface area contributed by atoms with Gasteiger partial charge in [0.05, 0.1) is 5.92 Å². The molecule has 0 aliphatic heterocycles.